The Morgan fingerprint density at radius 1 is 0.641 bits per heavy atom. The van der Waals surface area contributed by atoms with Gasteiger partial charge in [-0.05, 0) is 64.7 Å². The number of methoxy groups -OCH3 is 2. The molecule has 4 rings (SSSR count). The molecule has 0 radical (unpaired) electrons. The molecule has 0 atom stereocenters. The molecule has 0 unspecified atom stereocenters. The zero-order valence-electron chi connectivity index (χ0n) is 22.4. The van der Waals surface area contributed by atoms with Crippen LogP contribution in [0, 0.1) is 0 Å². The average molecular weight is 563 g/mol. The van der Waals surface area contributed by atoms with E-state index < -0.39 is 0 Å². The van der Waals surface area contributed by atoms with Gasteiger partial charge in [-0.2, -0.15) is 0 Å². The predicted octanol–water partition coefficient (Wildman–Crippen LogP) is 6.75. The fourth-order valence-electron chi connectivity index (χ4n) is 4.34. The summed E-state index contributed by atoms with van der Waals surface area (Å²) in [6.07, 6.45) is 1.12. The minimum absolute atomic E-state index is 0.0107. The van der Waals surface area contributed by atoms with Crippen molar-refractivity contribution in [3.8, 4) is 11.5 Å². The summed E-state index contributed by atoms with van der Waals surface area (Å²) < 4.78 is 10.7. The second kappa shape index (κ2) is 14.5. The van der Waals surface area contributed by atoms with E-state index in [-0.39, 0.29) is 11.8 Å². The number of carbonyl (C=O) groups excluding carboxylic acids is 2. The first-order chi connectivity index (χ1) is 19.0. The molecule has 0 aliphatic rings. The maximum absolute atomic E-state index is 13.5. The monoisotopic (exact) mass is 562 g/mol. The fourth-order valence-corrected chi connectivity index (χ4v) is 5.77. The number of benzene rings is 2. The van der Waals surface area contributed by atoms with E-state index in [1.807, 2.05) is 81.2 Å². The molecule has 0 saturated heterocycles. The van der Waals surface area contributed by atoms with Crippen LogP contribution >= 0.6 is 22.7 Å². The van der Waals surface area contributed by atoms with Crippen LogP contribution < -0.4 is 9.47 Å². The van der Waals surface area contributed by atoms with E-state index in [0.717, 1.165) is 32.4 Å². The third-order valence-corrected chi connectivity index (χ3v) is 8.08. The van der Waals surface area contributed by atoms with Crippen molar-refractivity contribution in [1.82, 2.24) is 9.80 Å². The second-order valence-electron chi connectivity index (χ2n) is 9.21. The second-order valence-corrected chi connectivity index (χ2v) is 11.3. The standard InChI is InChI=1S/C31H34N2O4S2/c1-36-26-10-3-8-24(18-26)20-32(21-25-9-4-11-27(19-25)37-2)30(34)14-5-15-31(35)33(22-28-12-6-16-38-28)23-29-13-7-17-39-29/h3-4,6-13,16-19H,5,14-15,20-23H2,1-2H3. The Bertz CT molecular complexity index is 1240. The van der Waals surface area contributed by atoms with Gasteiger partial charge in [0.1, 0.15) is 11.5 Å². The third kappa shape index (κ3) is 8.70. The van der Waals surface area contributed by atoms with E-state index in [1.165, 1.54) is 0 Å². The van der Waals surface area contributed by atoms with Crippen LogP contribution in [0.3, 0.4) is 0 Å². The van der Waals surface area contributed by atoms with Crippen LogP contribution in [0.5, 0.6) is 11.5 Å². The van der Waals surface area contributed by atoms with Crippen molar-refractivity contribution in [2.24, 2.45) is 0 Å². The summed E-state index contributed by atoms with van der Waals surface area (Å²) in [5, 5.41) is 4.06. The molecular formula is C31H34N2O4S2. The van der Waals surface area contributed by atoms with E-state index in [4.69, 9.17) is 9.47 Å². The molecule has 0 saturated carbocycles. The third-order valence-electron chi connectivity index (χ3n) is 6.36. The highest BCUT2D eigenvalue weighted by atomic mass is 32.1. The molecule has 6 nitrogen and oxygen atoms in total. The van der Waals surface area contributed by atoms with Gasteiger partial charge in [-0.25, -0.2) is 0 Å². The molecule has 0 bridgehead atoms. The van der Waals surface area contributed by atoms with E-state index in [0.29, 0.717) is 45.4 Å². The van der Waals surface area contributed by atoms with Crippen molar-refractivity contribution >= 4 is 34.5 Å². The fraction of sp³-hybridized carbons (Fsp3) is 0.290. The molecular weight excluding hydrogens is 528 g/mol. The lowest BCUT2D eigenvalue weighted by molar-refractivity contribution is -0.134. The van der Waals surface area contributed by atoms with Gasteiger partial charge >= 0.3 is 0 Å². The first-order valence-corrected chi connectivity index (χ1v) is 14.7. The number of amides is 2. The number of hydrogen-bond donors (Lipinski definition) is 0. The summed E-state index contributed by atoms with van der Waals surface area (Å²) in [5.41, 5.74) is 1.97. The SMILES string of the molecule is COc1cccc(CN(Cc2cccc(OC)c2)C(=O)CCCC(=O)N(Cc2cccs2)Cc2cccs2)c1. The van der Waals surface area contributed by atoms with Crippen LogP contribution in [0.2, 0.25) is 0 Å². The molecule has 8 heteroatoms. The molecule has 204 valence electrons. The van der Waals surface area contributed by atoms with Gasteiger partial charge in [0.15, 0.2) is 0 Å². The molecule has 0 N–H and O–H groups in total. The van der Waals surface area contributed by atoms with Gasteiger partial charge in [0, 0.05) is 35.7 Å². The van der Waals surface area contributed by atoms with Gasteiger partial charge < -0.3 is 19.3 Å². The Morgan fingerprint density at radius 3 is 1.51 bits per heavy atom. The normalized spacial score (nSPS) is 10.7. The van der Waals surface area contributed by atoms with E-state index in [9.17, 15) is 9.59 Å². The molecule has 2 amide bonds. The molecule has 39 heavy (non-hydrogen) atoms. The Labute approximate surface area is 238 Å². The maximum atomic E-state index is 13.5. The molecule has 2 aromatic heterocycles. The van der Waals surface area contributed by atoms with E-state index in [2.05, 4.69) is 12.1 Å². The zero-order valence-corrected chi connectivity index (χ0v) is 24.0. The zero-order chi connectivity index (χ0) is 27.5. The smallest absolute Gasteiger partial charge is 0.223 e. The number of ether oxygens (including phenoxy) is 2. The van der Waals surface area contributed by atoms with Crippen LogP contribution in [0.4, 0.5) is 0 Å². The molecule has 0 aliphatic heterocycles. The maximum Gasteiger partial charge on any atom is 0.223 e. The van der Waals surface area contributed by atoms with Crippen LogP contribution in [-0.2, 0) is 35.8 Å². The minimum Gasteiger partial charge on any atom is -0.497 e. The summed E-state index contributed by atoms with van der Waals surface area (Å²) in [4.78, 5) is 32.8. The van der Waals surface area contributed by atoms with Crippen molar-refractivity contribution in [2.75, 3.05) is 14.2 Å². The predicted molar refractivity (Wildman–Crippen MR) is 157 cm³/mol. The van der Waals surface area contributed by atoms with E-state index in [1.54, 1.807) is 36.9 Å². The lowest BCUT2D eigenvalue weighted by atomic mass is 10.1. The summed E-state index contributed by atoms with van der Waals surface area (Å²) >= 11 is 3.30. The first kappa shape index (κ1) is 28.4. The number of thiophene rings is 2. The molecule has 2 aromatic carbocycles. The largest absolute Gasteiger partial charge is 0.497 e. The minimum atomic E-state index is 0.0107. The quantitative estimate of drug-likeness (QED) is 0.171. The Balaban J connectivity index is 1.41. The Morgan fingerprint density at radius 2 is 1.10 bits per heavy atom. The first-order valence-electron chi connectivity index (χ1n) is 12.9. The Kier molecular flexibility index (Phi) is 10.6. The lowest BCUT2D eigenvalue weighted by Gasteiger charge is -2.24. The van der Waals surface area contributed by atoms with Crippen molar-refractivity contribution in [3.63, 3.8) is 0 Å². The van der Waals surface area contributed by atoms with Crippen LogP contribution in [-0.4, -0.2) is 35.8 Å². The van der Waals surface area contributed by atoms with Crippen molar-refractivity contribution < 1.29 is 19.1 Å². The number of carbonyl (C=O) groups is 2. The highest BCUT2D eigenvalue weighted by molar-refractivity contribution is 7.10. The summed E-state index contributed by atoms with van der Waals surface area (Å²) in [6, 6.07) is 23.6. The summed E-state index contributed by atoms with van der Waals surface area (Å²) in [5.74, 6) is 1.58. The summed E-state index contributed by atoms with van der Waals surface area (Å²) in [7, 11) is 3.27. The molecule has 0 fully saturated rings. The van der Waals surface area contributed by atoms with E-state index >= 15 is 0 Å². The number of rotatable bonds is 14. The highest BCUT2D eigenvalue weighted by Gasteiger charge is 2.19. The van der Waals surface area contributed by atoms with Gasteiger partial charge in [-0.3, -0.25) is 9.59 Å². The van der Waals surface area contributed by atoms with Gasteiger partial charge in [-0.1, -0.05) is 36.4 Å². The number of hydrogen-bond acceptors (Lipinski definition) is 6. The topological polar surface area (TPSA) is 59.1 Å². The van der Waals surface area contributed by atoms with Crippen LogP contribution in [0.25, 0.3) is 0 Å². The van der Waals surface area contributed by atoms with Crippen molar-refractivity contribution in [2.45, 2.75) is 45.4 Å². The molecule has 4 aromatic rings. The van der Waals surface area contributed by atoms with Gasteiger partial charge in [-0.15, -0.1) is 22.7 Å². The summed E-state index contributed by atoms with van der Waals surface area (Å²) in [6.45, 7) is 2.06. The van der Waals surface area contributed by atoms with Crippen LogP contribution in [0.15, 0.2) is 83.6 Å². The molecule has 0 spiro atoms. The van der Waals surface area contributed by atoms with Gasteiger partial charge in [0.2, 0.25) is 11.8 Å². The highest BCUT2D eigenvalue weighted by Crippen LogP contribution is 2.21. The van der Waals surface area contributed by atoms with Gasteiger partial charge in [0.25, 0.3) is 0 Å². The molecule has 2 heterocycles. The number of nitrogens with zero attached hydrogens (tertiary/aromatic N) is 2. The molecule has 0 aliphatic carbocycles. The Hall–Kier alpha value is -3.62. The van der Waals surface area contributed by atoms with Crippen molar-refractivity contribution in [3.05, 3.63) is 104 Å². The average Bonchev–Trinajstić information content (AvgIpc) is 3.67. The van der Waals surface area contributed by atoms with Crippen LogP contribution in [0.1, 0.15) is 40.1 Å². The lowest BCUT2D eigenvalue weighted by Crippen LogP contribution is -2.31. The van der Waals surface area contributed by atoms with Gasteiger partial charge in [0.05, 0.1) is 27.3 Å². The van der Waals surface area contributed by atoms with Crippen molar-refractivity contribution in [1.29, 1.82) is 0 Å².